The summed E-state index contributed by atoms with van der Waals surface area (Å²) in [7, 11) is 0. The SMILES string of the molecule is Cc1cc(C)nc(OCCC(N)=O)n1. The van der Waals surface area contributed by atoms with E-state index < -0.39 is 5.91 Å². The quantitative estimate of drug-likeness (QED) is 0.751. The molecule has 0 bridgehead atoms. The minimum absolute atomic E-state index is 0.177. The minimum atomic E-state index is -0.394. The Morgan fingerprint density at radius 2 is 2.00 bits per heavy atom. The summed E-state index contributed by atoms with van der Waals surface area (Å²) >= 11 is 0. The molecule has 1 heterocycles. The third kappa shape index (κ3) is 3.38. The van der Waals surface area contributed by atoms with E-state index in [9.17, 15) is 4.79 Å². The number of aromatic nitrogens is 2. The maximum atomic E-state index is 10.4. The van der Waals surface area contributed by atoms with Crippen molar-refractivity contribution in [1.82, 2.24) is 9.97 Å². The first-order valence-electron chi connectivity index (χ1n) is 4.31. The van der Waals surface area contributed by atoms with Crippen molar-refractivity contribution in [3.63, 3.8) is 0 Å². The molecule has 5 nitrogen and oxygen atoms in total. The van der Waals surface area contributed by atoms with Crippen LogP contribution >= 0.6 is 0 Å². The molecule has 76 valence electrons. The number of rotatable bonds is 4. The lowest BCUT2D eigenvalue weighted by Gasteiger charge is -2.04. The van der Waals surface area contributed by atoms with Crippen LogP contribution in [0.5, 0.6) is 6.01 Å². The number of hydrogen-bond donors (Lipinski definition) is 1. The Bertz CT molecular complexity index is 319. The van der Waals surface area contributed by atoms with Crippen molar-refractivity contribution in [2.45, 2.75) is 20.3 Å². The fourth-order valence-corrected chi connectivity index (χ4v) is 1.00. The van der Waals surface area contributed by atoms with E-state index in [0.29, 0.717) is 6.01 Å². The van der Waals surface area contributed by atoms with Crippen LogP contribution in [-0.4, -0.2) is 22.5 Å². The Balaban J connectivity index is 2.54. The van der Waals surface area contributed by atoms with E-state index in [1.165, 1.54) is 0 Å². The molecule has 0 radical (unpaired) electrons. The standard InChI is InChI=1S/C9H13N3O2/c1-6-5-7(2)12-9(11-6)14-4-3-8(10)13/h5H,3-4H2,1-2H3,(H2,10,13). The summed E-state index contributed by atoms with van der Waals surface area (Å²) in [4.78, 5) is 18.5. The summed E-state index contributed by atoms with van der Waals surface area (Å²) in [6.07, 6.45) is 0.177. The van der Waals surface area contributed by atoms with Gasteiger partial charge in [0.25, 0.3) is 0 Å². The molecule has 0 atom stereocenters. The van der Waals surface area contributed by atoms with Gasteiger partial charge >= 0.3 is 6.01 Å². The molecule has 1 amide bonds. The number of hydrogen-bond acceptors (Lipinski definition) is 4. The monoisotopic (exact) mass is 195 g/mol. The highest BCUT2D eigenvalue weighted by atomic mass is 16.5. The predicted molar refractivity (Wildman–Crippen MR) is 50.8 cm³/mol. The van der Waals surface area contributed by atoms with Crippen LogP contribution in [-0.2, 0) is 4.79 Å². The molecule has 1 aromatic rings. The van der Waals surface area contributed by atoms with Crippen LogP contribution in [0.1, 0.15) is 17.8 Å². The third-order valence-corrected chi connectivity index (χ3v) is 1.54. The van der Waals surface area contributed by atoms with Crippen LogP contribution in [0.3, 0.4) is 0 Å². The molecule has 0 unspecified atom stereocenters. The number of amides is 1. The minimum Gasteiger partial charge on any atom is -0.463 e. The van der Waals surface area contributed by atoms with E-state index in [4.69, 9.17) is 10.5 Å². The van der Waals surface area contributed by atoms with Gasteiger partial charge in [-0.25, -0.2) is 9.97 Å². The van der Waals surface area contributed by atoms with Crippen LogP contribution in [0, 0.1) is 13.8 Å². The lowest BCUT2D eigenvalue weighted by molar-refractivity contribution is -0.118. The summed E-state index contributed by atoms with van der Waals surface area (Å²) in [5.74, 6) is -0.394. The van der Waals surface area contributed by atoms with E-state index in [1.807, 2.05) is 19.9 Å². The molecule has 0 spiro atoms. The van der Waals surface area contributed by atoms with Crippen molar-refractivity contribution in [3.8, 4) is 6.01 Å². The maximum Gasteiger partial charge on any atom is 0.316 e. The second-order valence-electron chi connectivity index (χ2n) is 3.00. The predicted octanol–water partition coefficient (Wildman–Crippen LogP) is 0.348. The molecular weight excluding hydrogens is 182 g/mol. The van der Waals surface area contributed by atoms with Gasteiger partial charge in [-0.3, -0.25) is 4.79 Å². The van der Waals surface area contributed by atoms with Gasteiger partial charge < -0.3 is 10.5 Å². The zero-order valence-electron chi connectivity index (χ0n) is 8.28. The van der Waals surface area contributed by atoms with Gasteiger partial charge in [-0.1, -0.05) is 0 Å². The molecule has 0 aromatic carbocycles. The first kappa shape index (κ1) is 10.4. The Labute approximate surface area is 82.3 Å². The average Bonchev–Trinajstić information content (AvgIpc) is 2.01. The Kier molecular flexibility index (Phi) is 3.39. The topological polar surface area (TPSA) is 78.1 Å². The molecule has 0 aliphatic carbocycles. The Hall–Kier alpha value is -1.65. The number of nitrogens with two attached hydrogens (primary N) is 1. The number of primary amides is 1. The highest BCUT2D eigenvalue weighted by Gasteiger charge is 2.01. The summed E-state index contributed by atoms with van der Waals surface area (Å²) in [5, 5.41) is 0. The molecule has 1 rings (SSSR count). The molecule has 1 aromatic heterocycles. The highest BCUT2D eigenvalue weighted by molar-refractivity contribution is 5.73. The van der Waals surface area contributed by atoms with Crippen molar-refractivity contribution < 1.29 is 9.53 Å². The molecule has 0 saturated carbocycles. The van der Waals surface area contributed by atoms with Crippen molar-refractivity contribution >= 4 is 5.91 Å². The van der Waals surface area contributed by atoms with Crippen molar-refractivity contribution in [2.75, 3.05) is 6.61 Å². The maximum absolute atomic E-state index is 10.4. The van der Waals surface area contributed by atoms with E-state index in [-0.39, 0.29) is 13.0 Å². The lowest BCUT2D eigenvalue weighted by atomic mass is 10.4. The van der Waals surface area contributed by atoms with Crippen molar-refractivity contribution in [3.05, 3.63) is 17.5 Å². The van der Waals surface area contributed by atoms with Crippen LogP contribution < -0.4 is 10.5 Å². The van der Waals surface area contributed by atoms with Gasteiger partial charge in [0, 0.05) is 11.4 Å². The average molecular weight is 195 g/mol. The van der Waals surface area contributed by atoms with Crippen molar-refractivity contribution in [2.24, 2.45) is 5.73 Å². The fraction of sp³-hybridized carbons (Fsp3) is 0.444. The van der Waals surface area contributed by atoms with Gasteiger partial charge in [-0.15, -0.1) is 0 Å². The molecule has 0 aliphatic heterocycles. The molecule has 5 heteroatoms. The fourth-order valence-electron chi connectivity index (χ4n) is 1.00. The summed E-state index contributed by atoms with van der Waals surface area (Å²) < 4.78 is 5.16. The van der Waals surface area contributed by atoms with Gasteiger partial charge in [0.1, 0.15) is 6.61 Å². The van der Waals surface area contributed by atoms with Gasteiger partial charge in [-0.05, 0) is 19.9 Å². The highest BCUT2D eigenvalue weighted by Crippen LogP contribution is 2.05. The lowest BCUT2D eigenvalue weighted by Crippen LogP contribution is -2.15. The smallest absolute Gasteiger partial charge is 0.316 e. The van der Waals surface area contributed by atoms with Gasteiger partial charge in [0.15, 0.2) is 0 Å². The number of nitrogens with zero attached hydrogens (tertiary/aromatic N) is 2. The van der Waals surface area contributed by atoms with Crippen LogP contribution in [0.4, 0.5) is 0 Å². The van der Waals surface area contributed by atoms with Crippen LogP contribution in [0.25, 0.3) is 0 Å². The zero-order chi connectivity index (χ0) is 10.6. The Morgan fingerprint density at radius 3 is 2.50 bits per heavy atom. The summed E-state index contributed by atoms with van der Waals surface area (Å²) in [6, 6.07) is 2.14. The van der Waals surface area contributed by atoms with Gasteiger partial charge in [0.2, 0.25) is 5.91 Å². The van der Waals surface area contributed by atoms with Crippen LogP contribution in [0.15, 0.2) is 6.07 Å². The molecular formula is C9H13N3O2. The first-order valence-corrected chi connectivity index (χ1v) is 4.31. The summed E-state index contributed by atoms with van der Waals surface area (Å²) in [6.45, 7) is 3.93. The normalized spacial score (nSPS) is 9.86. The zero-order valence-corrected chi connectivity index (χ0v) is 8.28. The number of aryl methyl sites for hydroxylation is 2. The second kappa shape index (κ2) is 4.55. The number of carbonyl (C=O) groups is 1. The summed E-state index contributed by atoms with van der Waals surface area (Å²) in [5.41, 5.74) is 6.64. The van der Waals surface area contributed by atoms with Gasteiger partial charge in [0.05, 0.1) is 6.42 Å². The third-order valence-electron chi connectivity index (χ3n) is 1.54. The van der Waals surface area contributed by atoms with Crippen LogP contribution in [0.2, 0.25) is 0 Å². The molecule has 0 aliphatic rings. The van der Waals surface area contributed by atoms with Crippen molar-refractivity contribution in [1.29, 1.82) is 0 Å². The van der Waals surface area contributed by atoms with E-state index in [0.717, 1.165) is 11.4 Å². The van der Waals surface area contributed by atoms with E-state index in [1.54, 1.807) is 0 Å². The largest absolute Gasteiger partial charge is 0.463 e. The molecule has 2 N–H and O–H groups in total. The molecule has 14 heavy (non-hydrogen) atoms. The second-order valence-corrected chi connectivity index (χ2v) is 3.00. The number of ether oxygens (including phenoxy) is 1. The molecule has 0 saturated heterocycles. The van der Waals surface area contributed by atoms with Gasteiger partial charge in [-0.2, -0.15) is 0 Å². The number of carbonyl (C=O) groups excluding carboxylic acids is 1. The molecule has 0 fully saturated rings. The Morgan fingerprint density at radius 1 is 1.43 bits per heavy atom. The van der Waals surface area contributed by atoms with E-state index in [2.05, 4.69) is 9.97 Å². The van der Waals surface area contributed by atoms with E-state index >= 15 is 0 Å². The first-order chi connectivity index (χ1) is 6.58.